The number of hydrogen-bond donors (Lipinski definition) is 3. The third-order valence-electron chi connectivity index (χ3n) is 4.10. The predicted octanol–water partition coefficient (Wildman–Crippen LogP) is 4.07. The largest absolute Gasteiger partial charge is 0.360 e. The van der Waals surface area contributed by atoms with Crippen LogP contribution in [0.15, 0.2) is 79.1 Å². The zero-order valence-electron chi connectivity index (χ0n) is 14.3. The first-order valence-corrected chi connectivity index (χ1v) is 8.40. The van der Waals surface area contributed by atoms with E-state index in [0.29, 0.717) is 16.8 Å². The number of hydrogen-bond acceptors (Lipinski definition) is 3. The lowest BCUT2D eigenvalue weighted by Crippen LogP contribution is -2.14. The summed E-state index contributed by atoms with van der Waals surface area (Å²) in [4.78, 5) is 31.9. The second-order valence-electron chi connectivity index (χ2n) is 5.99. The van der Waals surface area contributed by atoms with Gasteiger partial charge in [-0.05, 0) is 48.5 Å². The number of carbonyl (C=O) groups is 2. The highest BCUT2D eigenvalue weighted by atomic mass is 16.2. The smallest absolute Gasteiger partial charge is 0.257 e. The van der Waals surface area contributed by atoms with Gasteiger partial charge in [0.2, 0.25) is 0 Å². The third kappa shape index (κ3) is 3.69. The number of carbonyl (C=O) groups excluding carboxylic acids is 2. The van der Waals surface area contributed by atoms with E-state index in [4.69, 9.17) is 0 Å². The summed E-state index contributed by atoms with van der Waals surface area (Å²) in [5.74, 6) is -0.471. The van der Waals surface area contributed by atoms with Gasteiger partial charge in [-0.2, -0.15) is 0 Å². The van der Waals surface area contributed by atoms with Crippen LogP contribution in [-0.4, -0.2) is 21.8 Å². The normalized spacial score (nSPS) is 10.5. The van der Waals surface area contributed by atoms with Gasteiger partial charge in [-0.3, -0.25) is 14.6 Å². The molecule has 0 saturated heterocycles. The Morgan fingerprint density at radius 1 is 0.778 bits per heavy atom. The van der Waals surface area contributed by atoms with E-state index in [1.54, 1.807) is 36.5 Å². The molecule has 132 valence electrons. The Labute approximate surface area is 155 Å². The highest BCUT2D eigenvalue weighted by Crippen LogP contribution is 2.15. The van der Waals surface area contributed by atoms with Crippen LogP contribution in [0.5, 0.6) is 0 Å². The SMILES string of the molecule is O=C(Nc1ccccc1)c1ccc(NC(=O)c2cnc3cc[nH]c3c2)cc1. The predicted molar refractivity (Wildman–Crippen MR) is 105 cm³/mol. The lowest BCUT2D eigenvalue weighted by Gasteiger charge is -2.08. The highest BCUT2D eigenvalue weighted by Gasteiger charge is 2.10. The van der Waals surface area contributed by atoms with Gasteiger partial charge in [-0.25, -0.2) is 0 Å². The summed E-state index contributed by atoms with van der Waals surface area (Å²) in [5.41, 5.74) is 3.90. The maximum absolute atomic E-state index is 12.4. The van der Waals surface area contributed by atoms with Gasteiger partial charge in [0.1, 0.15) is 0 Å². The molecule has 4 rings (SSSR count). The highest BCUT2D eigenvalue weighted by molar-refractivity contribution is 6.07. The van der Waals surface area contributed by atoms with E-state index in [1.807, 2.05) is 36.4 Å². The lowest BCUT2D eigenvalue weighted by molar-refractivity contribution is 0.102. The molecule has 6 heteroatoms. The van der Waals surface area contributed by atoms with Gasteiger partial charge < -0.3 is 15.6 Å². The molecule has 27 heavy (non-hydrogen) atoms. The van der Waals surface area contributed by atoms with Gasteiger partial charge in [0.25, 0.3) is 11.8 Å². The monoisotopic (exact) mass is 356 g/mol. The van der Waals surface area contributed by atoms with E-state index in [-0.39, 0.29) is 11.8 Å². The first-order valence-electron chi connectivity index (χ1n) is 8.40. The Morgan fingerprint density at radius 2 is 1.44 bits per heavy atom. The van der Waals surface area contributed by atoms with Gasteiger partial charge in [-0.15, -0.1) is 0 Å². The van der Waals surface area contributed by atoms with E-state index in [2.05, 4.69) is 20.6 Å². The van der Waals surface area contributed by atoms with Crippen LogP contribution in [-0.2, 0) is 0 Å². The molecule has 0 unspecified atom stereocenters. The number of aromatic nitrogens is 2. The standard InChI is InChI=1S/C21H16N4O2/c26-20(24-16-4-2-1-3-5-16)14-6-8-17(9-7-14)25-21(27)15-12-19-18(23-13-15)10-11-22-19/h1-13,22H,(H,24,26)(H,25,27). The van der Waals surface area contributed by atoms with Crippen LogP contribution in [0.4, 0.5) is 11.4 Å². The van der Waals surface area contributed by atoms with Crippen molar-refractivity contribution in [3.05, 3.63) is 90.3 Å². The number of fused-ring (bicyclic) bond motifs is 1. The molecule has 4 aromatic rings. The molecular formula is C21H16N4O2. The second-order valence-corrected chi connectivity index (χ2v) is 5.99. The molecule has 0 saturated carbocycles. The van der Waals surface area contributed by atoms with Crippen molar-refractivity contribution in [1.82, 2.24) is 9.97 Å². The maximum atomic E-state index is 12.4. The molecule has 6 nitrogen and oxygen atoms in total. The van der Waals surface area contributed by atoms with Crippen molar-refractivity contribution in [3.63, 3.8) is 0 Å². The van der Waals surface area contributed by atoms with Gasteiger partial charge in [0.15, 0.2) is 0 Å². The molecule has 0 spiro atoms. The molecule has 0 aliphatic rings. The van der Waals surface area contributed by atoms with Gasteiger partial charge >= 0.3 is 0 Å². The number of rotatable bonds is 4. The van der Waals surface area contributed by atoms with Crippen molar-refractivity contribution < 1.29 is 9.59 Å². The van der Waals surface area contributed by atoms with E-state index in [9.17, 15) is 9.59 Å². The van der Waals surface area contributed by atoms with Crippen LogP contribution in [0, 0.1) is 0 Å². The summed E-state index contributed by atoms with van der Waals surface area (Å²) < 4.78 is 0. The summed E-state index contributed by atoms with van der Waals surface area (Å²) in [6.07, 6.45) is 3.31. The number of anilines is 2. The van der Waals surface area contributed by atoms with Crippen molar-refractivity contribution in [2.75, 3.05) is 10.6 Å². The van der Waals surface area contributed by atoms with Crippen LogP contribution in [0.2, 0.25) is 0 Å². The van der Waals surface area contributed by atoms with Crippen LogP contribution < -0.4 is 10.6 Å². The minimum Gasteiger partial charge on any atom is -0.360 e. The first kappa shape index (κ1) is 16.5. The maximum Gasteiger partial charge on any atom is 0.257 e. The average Bonchev–Trinajstić information content (AvgIpc) is 3.17. The lowest BCUT2D eigenvalue weighted by atomic mass is 10.1. The van der Waals surface area contributed by atoms with Crippen LogP contribution >= 0.6 is 0 Å². The molecule has 0 fully saturated rings. The number of H-pyrrole nitrogens is 1. The molecule has 0 aliphatic carbocycles. The Morgan fingerprint density at radius 3 is 2.19 bits per heavy atom. The molecule has 0 atom stereocenters. The zero-order chi connectivity index (χ0) is 18.6. The fraction of sp³-hybridized carbons (Fsp3) is 0. The van der Waals surface area contributed by atoms with E-state index in [0.717, 1.165) is 16.7 Å². The molecule has 2 amide bonds. The van der Waals surface area contributed by atoms with Crippen molar-refractivity contribution >= 4 is 34.2 Å². The van der Waals surface area contributed by atoms with Crippen LogP contribution in [0.3, 0.4) is 0 Å². The van der Waals surface area contributed by atoms with Crippen LogP contribution in [0.25, 0.3) is 11.0 Å². The zero-order valence-corrected chi connectivity index (χ0v) is 14.3. The molecule has 2 aromatic heterocycles. The number of amides is 2. The quantitative estimate of drug-likeness (QED) is 0.515. The summed E-state index contributed by atoms with van der Waals surface area (Å²) in [6, 6.07) is 19.5. The van der Waals surface area contributed by atoms with Gasteiger partial charge in [0, 0.05) is 29.3 Å². The van der Waals surface area contributed by atoms with Crippen molar-refractivity contribution in [2.45, 2.75) is 0 Å². The third-order valence-corrected chi connectivity index (χ3v) is 4.10. The summed E-state index contributed by atoms with van der Waals surface area (Å²) in [5, 5.41) is 5.63. The van der Waals surface area contributed by atoms with Crippen molar-refractivity contribution in [1.29, 1.82) is 0 Å². The molecular weight excluding hydrogens is 340 g/mol. The van der Waals surface area contributed by atoms with E-state index < -0.39 is 0 Å². The molecule has 2 aromatic carbocycles. The fourth-order valence-corrected chi connectivity index (χ4v) is 2.69. The number of nitrogens with one attached hydrogen (secondary N) is 3. The van der Waals surface area contributed by atoms with Crippen molar-refractivity contribution in [3.8, 4) is 0 Å². The Bertz CT molecular complexity index is 1100. The summed E-state index contributed by atoms with van der Waals surface area (Å²) in [6.45, 7) is 0. The minimum atomic E-state index is -0.263. The van der Waals surface area contributed by atoms with Gasteiger partial charge in [0.05, 0.1) is 16.6 Å². The number of benzene rings is 2. The molecule has 2 heterocycles. The van der Waals surface area contributed by atoms with E-state index >= 15 is 0 Å². The average molecular weight is 356 g/mol. The number of para-hydroxylation sites is 1. The Kier molecular flexibility index (Phi) is 4.37. The second kappa shape index (κ2) is 7.13. The fourth-order valence-electron chi connectivity index (χ4n) is 2.69. The minimum absolute atomic E-state index is 0.208. The molecule has 0 bridgehead atoms. The molecule has 0 radical (unpaired) electrons. The molecule has 0 aliphatic heterocycles. The summed E-state index contributed by atoms with van der Waals surface area (Å²) in [7, 11) is 0. The van der Waals surface area contributed by atoms with Crippen LogP contribution in [0.1, 0.15) is 20.7 Å². The molecule has 3 N–H and O–H groups in total. The topological polar surface area (TPSA) is 86.9 Å². The number of nitrogens with zero attached hydrogens (tertiary/aromatic N) is 1. The van der Waals surface area contributed by atoms with Gasteiger partial charge in [-0.1, -0.05) is 18.2 Å². The van der Waals surface area contributed by atoms with E-state index in [1.165, 1.54) is 6.20 Å². The first-order chi connectivity index (χ1) is 13.2. The van der Waals surface area contributed by atoms with Crippen molar-refractivity contribution in [2.24, 2.45) is 0 Å². The Balaban J connectivity index is 1.44. The Hall–Kier alpha value is -3.93. The number of aromatic amines is 1. The summed E-state index contributed by atoms with van der Waals surface area (Å²) >= 11 is 0. The number of pyridine rings is 1.